The highest BCUT2D eigenvalue weighted by molar-refractivity contribution is 5.94. The van der Waals surface area contributed by atoms with Gasteiger partial charge in [-0.1, -0.05) is 24.3 Å². The van der Waals surface area contributed by atoms with E-state index in [0.717, 1.165) is 41.4 Å². The van der Waals surface area contributed by atoms with Gasteiger partial charge >= 0.3 is 0 Å². The quantitative estimate of drug-likeness (QED) is 0.626. The molecule has 1 aliphatic rings. The second-order valence-electron chi connectivity index (χ2n) is 7.30. The Balaban J connectivity index is 1.53. The lowest BCUT2D eigenvalue weighted by atomic mass is 10.1. The van der Waals surface area contributed by atoms with Gasteiger partial charge in [0.05, 0.1) is 25.1 Å². The third kappa shape index (κ3) is 4.09. The van der Waals surface area contributed by atoms with Gasteiger partial charge in [-0.3, -0.25) is 4.79 Å². The Morgan fingerprint density at radius 2 is 1.87 bits per heavy atom. The summed E-state index contributed by atoms with van der Waals surface area (Å²) in [6.45, 7) is 5.13. The number of rotatable bonds is 6. The number of aromatic nitrogens is 2. The van der Waals surface area contributed by atoms with Gasteiger partial charge in [-0.2, -0.15) is 0 Å². The Labute approximate surface area is 177 Å². The first-order chi connectivity index (χ1) is 14.7. The number of amides is 1. The zero-order valence-corrected chi connectivity index (χ0v) is 17.5. The topological polar surface area (TPSA) is 56.6 Å². The van der Waals surface area contributed by atoms with Crippen LogP contribution in [0, 0.1) is 0 Å². The van der Waals surface area contributed by atoms with Crippen LogP contribution in [0.1, 0.15) is 28.7 Å². The van der Waals surface area contributed by atoms with E-state index in [-0.39, 0.29) is 5.91 Å². The van der Waals surface area contributed by atoms with E-state index < -0.39 is 0 Å². The molecule has 6 heteroatoms. The smallest absolute Gasteiger partial charge is 0.253 e. The molecular formula is C24H27N3O3. The van der Waals surface area contributed by atoms with Gasteiger partial charge in [-0.25, -0.2) is 4.98 Å². The summed E-state index contributed by atoms with van der Waals surface area (Å²) in [6.07, 6.45) is 2.67. The number of imidazole rings is 1. The molecule has 4 rings (SSSR count). The van der Waals surface area contributed by atoms with Crippen molar-refractivity contribution in [3.05, 3.63) is 71.7 Å². The van der Waals surface area contributed by atoms with Crippen molar-refractivity contribution in [2.24, 2.45) is 0 Å². The number of fused-ring (bicyclic) bond motifs is 1. The zero-order chi connectivity index (χ0) is 20.9. The minimum absolute atomic E-state index is 0.0464. The number of benzene rings is 2. The molecule has 2 heterocycles. The van der Waals surface area contributed by atoms with Crippen molar-refractivity contribution in [2.75, 3.05) is 26.8 Å². The van der Waals surface area contributed by atoms with Crippen molar-refractivity contribution in [1.29, 1.82) is 0 Å². The second-order valence-corrected chi connectivity index (χ2v) is 7.30. The van der Waals surface area contributed by atoms with E-state index in [2.05, 4.69) is 21.7 Å². The van der Waals surface area contributed by atoms with Crippen LogP contribution in [0.25, 0.3) is 11.3 Å². The monoisotopic (exact) mass is 405 g/mol. The zero-order valence-electron chi connectivity index (χ0n) is 17.5. The fourth-order valence-electron chi connectivity index (χ4n) is 3.94. The van der Waals surface area contributed by atoms with Gasteiger partial charge in [0.1, 0.15) is 11.6 Å². The van der Waals surface area contributed by atoms with Crippen LogP contribution in [0.4, 0.5) is 0 Å². The first kappa shape index (κ1) is 20.2. The Morgan fingerprint density at radius 1 is 1.07 bits per heavy atom. The lowest BCUT2D eigenvalue weighted by molar-refractivity contribution is 0.0759. The SMILES string of the molecule is CCOc1ccc(C(=O)N2CCc3ncc(-c4ccccc4COC)n3CC2)cc1. The summed E-state index contributed by atoms with van der Waals surface area (Å²) >= 11 is 0. The maximum Gasteiger partial charge on any atom is 0.253 e. The normalized spacial score (nSPS) is 13.6. The molecular weight excluding hydrogens is 378 g/mol. The highest BCUT2D eigenvalue weighted by Gasteiger charge is 2.23. The van der Waals surface area contributed by atoms with Crippen LogP contribution >= 0.6 is 0 Å². The van der Waals surface area contributed by atoms with Crippen LogP contribution in [-0.2, 0) is 24.3 Å². The largest absolute Gasteiger partial charge is 0.494 e. The van der Waals surface area contributed by atoms with Gasteiger partial charge < -0.3 is 18.9 Å². The summed E-state index contributed by atoms with van der Waals surface area (Å²) in [6, 6.07) is 15.6. The molecule has 3 aromatic rings. The number of hydrogen-bond acceptors (Lipinski definition) is 4. The Kier molecular flexibility index (Phi) is 6.14. The highest BCUT2D eigenvalue weighted by atomic mass is 16.5. The van der Waals surface area contributed by atoms with Crippen LogP contribution < -0.4 is 4.74 Å². The van der Waals surface area contributed by atoms with Crippen LogP contribution in [-0.4, -0.2) is 47.2 Å². The van der Waals surface area contributed by atoms with Gasteiger partial charge in [0.15, 0.2) is 0 Å². The maximum absolute atomic E-state index is 13.0. The minimum Gasteiger partial charge on any atom is -0.494 e. The Bertz CT molecular complexity index is 1010. The predicted octanol–water partition coefficient (Wildman–Crippen LogP) is 3.79. The van der Waals surface area contributed by atoms with Crippen molar-refractivity contribution >= 4 is 5.91 Å². The lowest BCUT2D eigenvalue weighted by Crippen LogP contribution is -2.33. The van der Waals surface area contributed by atoms with Gasteiger partial charge in [-0.15, -0.1) is 0 Å². The molecule has 0 aliphatic carbocycles. The van der Waals surface area contributed by atoms with Gasteiger partial charge in [0.2, 0.25) is 0 Å². The molecule has 156 valence electrons. The minimum atomic E-state index is 0.0464. The number of methoxy groups -OCH3 is 1. The van der Waals surface area contributed by atoms with Crippen LogP contribution in [0.2, 0.25) is 0 Å². The van der Waals surface area contributed by atoms with E-state index in [1.807, 2.05) is 54.4 Å². The molecule has 30 heavy (non-hydrogen) atoms. The van der Waals surface area contributed by atoms with E-state index >= 15 is 0 Å². The molecule has 0 saturated heterocycles. The molecule has 0 saturated carbocycles. The molecule has 0 N–H and O–H groups in total. The Morgan fingerprint density at radius 3 is 2.63 bits per heavy atom. The number of carbonyl (C=O) groups excluding carboxylic acids is 1. The molecule has 6 nitrogen and oxygen atoms in total. The van der Waals surface area contributed by atoms with E-state index in [4.69, 9.17) is 9.47 Å². The Hall–Kier alpha value is -3.12. The number of nitrogens with zero attached hydrogens (tertiary/aromatic N) is 3. The number of carbonyl (C=O) groups is 1. The van der Waals surface area contributed by atoms with Crippen molar-refractivity contribution < 1.29 is 14.3 Å². The van der Waals surface area contributed by atoms with Crippen molar-refractivity contribution in [3.8, 4) is 17.0 Å². The molecule has 0 unspecified atom stereocenters. The van der Waals surface area contributed by atoms with Gasteiger partial charge in [0.25, 0.3) is 5.91 Å². The van der Waals surface area contributed by atoms with Crippen molar-refractivity contribution in [1.82, 2.24) is 14.5 Å². The fourth-order valence-corrected chi connectivity index (χ4v) is 3.94. The molecule has 0 spiro atoms. The van der Waals surface area contributed by atoms with E-state index in [1.54, 1.807) is 7.11 Å². The molecule has 0 radical (unpaired) electrons. The summed E-state index contributed by atoms with van der Waals surface area (Å²) in [4.78, 5) is 19.6. The summed E-state index contributed by atoms with van der Waals surface area (Å²) < 4.78 is 13.1. The van der Waals surface area contributed by atoms with E-state index in [0.29, 0.717) is 31.9 Å². The average Bonchev–Trinajstić information content (AvgIpc) is 3.05. The molecule has 1 aliphatic heterocycles. The third-order valence-corrected chi connectivity index (χ3v) is 5.43. The standard InChI is InChI=1S/C24H27N3O3/c1-3-30-20-10-8-18(9-11-20)24(28)26-13-12-23-25-16-22(27(23)15-14-26)21-7-5-4-6-19(21)17-29-2/h4-11,16H,3,12-15,17H2,1-2H3. The van der Waals surface area contributed by atoms with Crippen molar-refractivity contribution in [2.45, 2.75) is 26.5 Å². The second kappa shape index (κ2) is 9.13. The first-order valence-electron chi connectivity index (χ1n) is 10.3. The van der Waals surface area contributed by atoms with Crippen molar-refractivity contribution in [3.63, 3.8) is 0 Å². The average molecular weight is 405 g/mol. The van der Waals surface area contributed by atoms with Crippen LogP contribution in [0.15, 0.2) is 54.7 Å². The first-order valence-corrected chi connectivity index (χ1v) is 10.3. The molecule has 2 aromatic carbocycles. The van der Waals surface area contributed by atoms with Gasteiger partial charge in [0, 0.05) is 44.3 Å². The fraction of sp³-hybridized carbons (Fsp3) is 0.333. The highest BCUT2D eigenvalue weighted by Crippen LogP contribution is 2.27. The third-order valence-electron chi connectivity index (χ3n) is 5.43. The summed E-state index contributed by atoms with van der Waals surface area (Å²) in [7, 11) is 1.71. The number of hydrogen-bond donors (Lipinski definition) is 0. The van der Waals surface area contributed by atoms with E-state index in [1.165, 1.54) is 0 Å². The lowest BCUT2D eigenvalue weighted by Gasteiger charge is -2.20. The molecule has 1 amide bonds. The molecule has 0 bridgehead atoms. The summed E-state index contributed by atoms with van der Waals surface area (Å²) in [5, 5.41) is 0. The maximum atomic E-state index is 13.0. The van der Waals surface area contributed by atoms with Gasteiger partial charge in [-0.05, 0) is 36.8 Å². The van der Waals surface area contributed by atoms with E-state index in [9.17, 15) is 4.79 Å². The molecule has 0 atom stereocenters. The van der Waals surface area contributed by atoms with Crippen LogP contribution in [0.5, 0.6) is 5.75 Å². The molecule has 1 aromatic heterocycles. The summed E-state index contributed by atoms with van der Waals surface area (Å²) in [5.41, 5.74) is 4.02. The number of ether oxygens (including phenoxy) is 2. The van der Waals surface area contributed by atoms with Crippen LogP contribution in [0.3, 0.4) is 0 Å². The summed E-state index contributed by atoms with van der Waals surface area (Å²) in [5.74, 6) is 1.84. The molecule has 0 fully saturated rings. The predicted molar refractivity (Wildman–Crippen MR) is 116 cm³/mol.